The van der Waals surface area contributed by atoms with E-state index >= 15 is 0 Å². The molecule has 0 spiro atoms. The normalized spacial score (nSPS) is 13.4. The summed E-state index contributed by atoms with van der Waals surface area (Å²) in [5.74, 6) is 0. The minimum Gasteiger partial charge on any atom is -0.458 e. The fraction of sp³-hybridized carbons (Fsp3) is 0.909. The third-order valence-corrected chi connectivity index (χ3v) is 24.1. The van der Waals surface area contributed by atoms with E-state index < -0.39 is 23.7 Å². The highest BCUT2D eigenvalue weighted by Gasteiger charge is 2.44. The first-order chi connectivity index (χ1) is 7.52. The van der Waals surface area contributed by atoms with Crippen LogP contribution < -0.4 is 0 Å². The lowest BCUT2D eigenvalue weighted by Crippen LogP contribution is -2.60. The number of nitrogens with zero attached hydrogens (tertiary/aromatic N) is 1. The highest BCUT2D eigenvalue weighted by atomic mass is 29.3. The summed E-state index contributed by atoms with van der Waals surface area (Å²) in [6.07, 6.45) is 2.61. The Morgan fingerprint density at radius 3 is 2.00 bits per heavy atom. The van der Waals surface area contributed by atoms with Crippen LogP contribution in [-0.2, 0) is 8.91 Å². The largest absolute Gasteiger partial charge is 0.458 e. The van der Waals surface area contributed by atoms with Gasteiger partial charge in [0.15, 0.2) is 16.2 Å². The third-order valence-electron chi connectivity index (χ3n) is 3.33. The molecule has 0 unspecified atom stereocenters. The highest BCUT2D eigenvalue weighted by molar-refractivity contribution is 7.39. The first-order valence-corrected chi connectivity index (χ1v) is 16.8. The molecule has 0 aliphatic rings. The summed E-state index contributed by atoms with van der Waals surface area (Å²) in [4.78, 5) is 13.7. The van der Waals surface area contributed by atoms with Crippen LogP contribution in [-0.4, -0.2) is 36.4 Å². The van der Waals surface area contributed by atoms with Crippen molar-refractivity contribution in [1.82, 2.24) is 0 Å². The molecular weight excluding hydrogens is 262 g/mol. The van der Waals surface area contributed by atoms with Gasteiger partial charge in [0.2, 0.25) is 6.08 Å². The smallest absolute Gasteiger partial charge is 0.234 e. The van der Waals surface area contributed by atoms with Gasteiger partial charge in [0, 0.05) is 0 Å². The van der Waals surface area contributed by atoms with E-state index in [0.29, 0.717) is 6.54 Å². The average Bonchev–Trinajstić information content (AvgIpc) is 2.08. The van der Waals surface area contributed by atoms with Gasteiger partial charge < -0.3 is 4.12 Å². The Hall–Kier alpha value is -0.00935. The lowest BCUT2D eigenvalue weighted by Gasteiger charge is -2.42. The first kappa shape index (κ1) is 17.0. The Bertz CT molecular complexity index is 292. The molecule has 0 atom stereocenters. The molecule has 0 radical (unpaired) electrons. The van der Waals surface area contributed by atoms with E-state index in [1.165, 1.54) is 6.04 Å². The molecule has 0 saturated heterocycles. The maximum absolute atomic E-state index is 10.0. The van der Waals surface area contributed by atoms with Gasteiger partial charge in [-0.1, -0.05) is 19.1 Å². The van der Waals surface area contributed by atoms with Crippen molar-refractivity contribution in [2.75, 3.05) is 6.54 Å². The lowest BCUT2D eigenvalue weighted by molar-refractivity contribution is 0.562. The summed E-state index contributed by atoms with van der Waals surface area (Å²) in [6.45, 7) is 17.0. The molecule has 0 aliphatic heterocycles. The molecule has 0 aliphatic carbocycles. The molecule has 0 amide bonds. The van der Waals surface area contributed by atoms with Crippen molar-refractivity contribution in [3.8, 4) is 0 Å². The van der Waals surface area contributed by atoms with Gasteiger partial charge in [0.1, 0.15) is 0 Å². The van der Waals surface area contributed by atoms with Crippen LogP contribution in [0.1, 0.15) is 6.42 Å². The monoisotopic (exact) mass is 289 g/mol. The van der Waals surface area contributed by atoms with E-state index in [-0.39, 0.29) is 0 Å². The standard InChI is InChI=1S/C11H27NO2Si3/c1-15(2,3)14-17(6,7)16(4,5)10-8-9-12-11-13/h8-10H2,1-7H3. The Kier molecular flexibility index (Phi) is 6.24. The number of hydrogen-bond donors (Lipinski definition) is 0. The van der Waals surface area contributed by atoms with Crippen molar-refractivity contribution in [1.29, 1.82) is 0 Å². The molecule has 100 valence electrons. The zero-order valence-corrected chi connectivity index (χ0v) is 15.4. The number of hydrogen-bond acceptors (Lipinski definition) is 3. The summed E-state index contributed by atoms with van der Waals surface area (Å²) >= 11 is 0. The van der Waals surface area contributed by atoms with Crippen LogP contribution in [0.3, 0.4) is 0 Å². The van der Waals surface area contributed by atoms with Crippen LogP contribution >= 0.6 is 0 Å². The molecular formula is C11H27NO2Si3. The van der Waals surface area contributed by atoms with Crippen LogP contribution in [0.15, 0.2) is 4.99 Å². The predicted octanol–water partition coefficient (Wildman–Crippen LogP) is 3.56. The van der Waals surface area contributed by atoms with E-state index in [0.717, 1.165) is 6.42 Å². The van der Waals surface area contributed by atoms with E-state index in [2.05, 4.69) is 50.8 Å². The van der Waals surface area contributed by atoms with Crippen molar-refractivity contribution in [2.24, 2.45) is 4.99 Å². The number of isocyanates is 1. The summed E-state index contributed by atoms with van der Waals surface area (Å²) < 4.78 is 6.48. The van der Waals surface area contributed by atoms with Crippen molar-refractivity contribution < 1.29 is 8.91 Å². The molecule has 0 rings (SSSR count). The van der Waals surface area contributed by atoms with E-state index in [1.807, 2.05) is 0 Å². The van der Waals surface area contributed by atoms with Gasteiger partial charge in [-0.25, -0.2) is 9.79 Å². The van der Waals surface area contributed by atoms with Crippen LogP contribution in [0, 0.1) is 0 Å². The molecule has 6 heteroatoms. The first-order valence-electron chi connectivity index (χ1n) is 6.26. The molecule has 0 heterocycles. The average molecular weight is 290 g/mol. The highest BCUT2D eigenvalue weighted by Crippen LogP contribution is 2.28. The van der Waals surface area contributed by atoms with Gasteiger partial charge in [-0.2, -0.15) is 0 Å². The second-order valence-electron chi connectivity index (χ2n) is 6.69. The van der Waals surface area contributed by atoms with Gasteiger partial charge >= 0.3 is 0 Å². The summed E-state index contributed by atoms with van der Waals surface area (Å²) in [5.41, 5.74) is 0. The fourth-order valence-electron chi connectivity index (χ4n) is 1.85. The molecule has 0 aromatic carbocycles. The van der Waals surface area contributed by atoms with Crippen molar-refractivity contribution in [3.63, 3.8) is 0 Å². The van der Waals surface area contributed by atoms with Gasteiger partial charge in [0.25, 0.3) is 0 Å². The molecule has 3 nitrogen and oxygen atoms in total. The topological polar surface area (TPSA) is 38.7 Å². The summed E-state index contributed by atoms with van der Waals surface area (Å²) in [6, 6.07) is 1.20. The van der Waals surface area contributed by atoms with Crippen LogP contribution in [0.4, 0.5) is 0 Å². The quantitative estimate of drug-likeness (QED) is 0.311. The second kappa shape index (κ2) is 6.24. The molecule has 0 bridgehead atoms. The van der Waals surface area contributed by atoms with Crippen molar-refractivity contribution in [2.45, 2.75) is 58.3 Å². The number of aliphatic imine (C=N–C) groups is 1. The van der Waals surface area contributed by atoms with E-state index in [9.17, 15) is 4.79 Å². The van der Waals surface area contributed by atoms with Gasteiger partial charge in [-0.3, -0.25) is 0 Å². The molecule has 0 aromatic heterocycles. The number of carbonyl (C=O) groups excluding carboxylic acids is 1. The maximum atomic E-state index is 10.0. The van der Waals surface area contributed by atoms with Gasteiger partial charge in [-0.05, 0) is 39.2 Å². The molecule has 0 fully saturated rings. The Labute approximate surface area is 109 Å². The summed E-state index contributed by atoms with van der Waals surface area (Å²) in [7, 11) is -4.34. The number of rotatable bonds is 7. The van der Waals surface area contributed by atoms with Crippen molar-refractivity contribution in [3.05, 3.63) is 0 Å². The van der Waals surface area contributed by atoms with Crippen LogP contribution in [0.25, 0.3) is 0 Å². The zero-order valence-electron chi connectivity index (χ0n) is 12.4. The Morgan fingerprint density at radius 2 is 1.59 bits per heavy atom. The molecule has 0 saturated carbocycles. The van der Waals surface area contributed by atoms with E-state index in [1.54, 1.807) is 6.08 Å². The fourth-order valence-corrected chi connectivity index (χ4v) is 18.3. The van der Waals surface area contributed by atoms with Crippen molar-refractivity contribution >= 4 is 29.8 Å². The minimum absolute atomic E-state index is 0.622. The SMILES string of the molecule is C[Si](C)(C)O[Si](C)(C)[Si](C)(C)CCCN=C=O. The van der Waals surface area contributed by atoms with Crippen LogP contribution in [0.2, 0.25) is 51.9 Å². The molecule has 17 heavy (non-hydrogen) atoms. The van der Waals surface area contributed by atoms with Crippen LogP contribution in [0.5, 0.6) is 0 Å². The van der Waals surface area contributed by atoms with Gasteiger partial charge in [-0.15, -0.1) is 0 Å². The molecule has 0 aromatic rings. The second-order valence-corrected chi connectivity index (χ2v) is 26.7. The summed E-state index contributed by atoms with van der Waals surface area (Å²) in [5, 5.41) is 0. The zero-order chi connectivity index (χ0) is 13.7. The third kappa shape index (κ3) is 6.47. The van der Waals surface area contributed by atoms with Gasteiger partial charge in [0.05, 0.1) is 14.1 Å². The van der Waals surface area contributed by atoms with E-state index in [4.69, 9.17) is 4.12 Å². The Morgan fingerprint density at radius 1 is 1.06 bits per heavy atom. The maximum Gasteiger partial charge on any atom is 0.234 e. The molecule has 0 N–H and O–H groups in total. The predicted molar refractivity (Wildman–Crippen MR) is 81.8 cm³/mol. The lowest BCUT2D eigenvalue weighted by atomic mass is 10.5. The Balaban J connectivity index is 4.49. The minimum atomic E-state index is -1.57.